The van der Waals surface area contributed by atoms with E-state index in [1.54, 1.807) is 18.2 Å². The highest BCUT2D eigenvalue weighted by atomic mass is 35.5. The van der Waals surface area contributed by atoms with Crippen molar-refractivity contribution in [2.24, 2.45) is 0 Å². The highest BCUT2D eigenvalue weighted by Gasteiger charge is 2.11. The molecule has 22 heavy (non-hydrogen) atoms. The molecule has 0 aliphatic heterocycles. The smallest absolute Gasteiger partial charge is 0.170 e. The van der Waals surface area contributed by atoms with E-state index in [9.17, 15) is 0 Å². The summed E-state index contributed by atoms with van der Waals surface area (Å²) in [5.74, 6) is 0. The average Bonchev–Trinajstić information content (AvgIpc) is 2.51. The van der Waals surface area contributed by atoms with Crippen LogP contribution in [0.3, 0.4) is 0 Å². The predicted molar refractivity (Wildman–Crippen MR) is 100 cm³/mol. The zero-order valence-electron chi connectivity index (χ0n) is 12.6. The predicted octanol–water partition coefficient (Wildman–Crippen LogP) is 4.59. The Balaban J connectivity index is 1.60. The lowest BCUT2D eigenvalue weighted by molar-refractivity contribution is 0.372. The van der Waals surface area contributed by atoms with Crippen LogP contribution in [0.4, 0.5) is 5.69 Å². The van der Waals surface area contributed by atoms with Gasteiger partial charge in [-0.15, -0.1) is 0 Å². The summed E-state index contributed by atoms with van der Waals surface area (Å²) in [4.78, 5) is 0. The van der Waals surface area contributed by atoms with Crippen LogP contribution in [0, 0.1) is 0 Å². The molecular formula is C16H23Cl2N3S. The van der Waals surface area contributed by atoms with E-state index in [-0.39, 0.29) is 0 Å². The Morgan fingerprint density at radius 3 is 2.68 bits per heavy atom. The summed E-state index contributed by atoms with van der Waals surface area (Å²) in [7, 11) is 0. The summed E-state index contributed by atoms with van der Waals surface area (Å²) in [6.07, 6.45) is 7.81. The number of hydrogen-bond donors (Lipinski definition) is 3. The van der Waals surface area contributed by atoms with Gasteiger partial charge in [-0.2, -0.15) is 0 Å². The first-order valence-corrected chi connectivity index (χ1v) is 9.05. The first-order chi connectivity index (χ1) is 10.6. The van der Waals surface area contributed by atoms with Crippen molar-refractivity contribution >= 4 is 46.2 Å². The quantitative estimate of drug-likeness (QED) is 0.512. The van der Waals surface area contributed by atoms with Gasteiger partial charge >= 0.3 is 0 Å². The Kier molecular flexibility index (Phi) is 7.73. The van der Waals surface area contributed by atoms with Crippen LogP contribution in [0.25, 0.3) is 0 Å². The summed E-state index contributed by atoms with van der Waals surface area (Å²) < 4.78 is 0. The fourth-order valence-electron chi connectivity index (χ4n) is 2.66. The molecule has 3 N–H and O–H groups in total. The van der Waals surface area contributed by atoms with Gasteiger partial charge in [0, 0.05) is 17.6 Å². The largest absolute Gasteiger partial charge is 0.362 e. The Labute approximate surface area is 148 Å². The van der Waals surface area contributed by atoms with E-state index >= 15 is 0 Å². The Morgan fingerprint density at radius 1 is 1.14 bits per heavy atom. The normalized spacial score (nSPS) is 15.5. The third-order valence-electron chi connectivity index (χ3n) is 3.85. The van der Waals surface area contributed by atoms with E-state index in [0.29, 0.717) is 21.2 Å². The molecule has 3 nitrogen and oxygen atoms in total. The van der Waals surface area contributed by atoms with E-state index < -0.39 is 0 Å². The molecule has 1 aromatic rings. The van der Waals surface area contributed by atoms with E-state index in [1.807, 2.05) is 0 Å². The summed E-state index contributed by atoms with van der Waals surface area (Å²) in [6.45, 7) is 1.86. The van der Waals surface area contributed by atoms with Crippen molar-refractivity contribution in [3.05, 3.63) is 28.2 Å². The molecular weight excluding hydrogens is 337 g/mol. The standard InChI is InChI=1S/C16H23Cl2N3S/c17-12-7-8-14(18)15(11-12)21-16(22)20-10-4-9-19-13-5-2-1-3-6-13/h7-8,11,13,19H,1-6,9-10H2,(H2,20,21,22). The minimum atomic E-state index is 0.571. The highest BCUT2D eigenvalue weighted by molar-refractivity contribution is 7.80. The Bertz CT molecular complexity index is 490. The van der Waals surface area contributed by atoms with Crippen molar-refractivity contribution < 1.29 is 0 Å². The van der Waals surface area contributed by atoms with Gasteiger partial charge in [-0.05, 0) is 56.2 Å². The second-order valence-corrected chi connectivity index (χ2v) is 6.90. The number of rotatable bonds is 6. The van der Waals surface area contributed by atoms with E-state index in [1.165, 1.54) is 32.1 Å². The van der Waals surface area contributed by atoms with E-state index in [4.69, 9.17) is 35.4 Å². The van der Waals surface area contributed by atoms with Crippen LogP contribution in [0.1, 0.15) is 38.5 Å². The van der Waals surface area contributed by atoms with Crippen molar-refractivity contribution in [3.63, 3.8) is 0 Å². The molecule has 0 heterocycles. The molecule has 1 aliphatic rings. The summed E-state index contributed by atoms with van der Waals surface area (Å²) in [5, 5.41) is 11.7. The molecule has 2 rings (SSSR count). The lowest BCUT2D eigenvalue weighted by atomic mass is 9.95. The number of thiocarbonyl (C=S) groups is 1. The first-order valence-electron chi connectivity index (χ1n) is 7.88. The lowest BCUT2D eigenvalue weighted by Crippen LogP contribution is -2.35. The van der Waals surface area contributed by atoms with Crippen molar-refractivity contribution in [3.8, 4) is 0 Å². The maximum absolute atomic E-state index is 6.09. The fraction of sp³-hybridized carbons (Fsp3) is 0.562. The van der Waals surface area contributed by atoms with Crippen molar-refractivity contribution in [1.29, 1.82) is 0 Å². The number of hydrogen-bond acceptors (Lipinski definition) is 2. The molecule has 0 atom stereocenters. The zero-order valence-corrected chi connectivity index (χ0v) is 15.0. The molecule has 0 amide bonds. The average molecular weight is 360 g/mol. The van der Waals surface area contributed by atoms with Crippen LogP contribution >= 0.6 is 35.4 Å². The number of nitrogens with one attached hydrogen (secondary N) is 3. The highest BCUT2D eigenvalue weighted by Crippen LogP contribution is 2.25. The second-order valence-electron chi connectivity index (χ2n) is 5.65. The topological polar surface area (TPSA) is 36.1 Å². The van der Waals surface area contributed by atoms with Crippen LogP contribution in [-0.2, 0) is 0 Å². The van der Waals surface area contributed by atoms with Gasteiger partial charge in [0.05, 0.1) is 10.7 Å². The van der Waals surface area contributed by atoms with Gasteiger partial charge in [-0.1, -0.05) is 42.5 Å². The van der Waals surface area contributed by atoms with E-state index in [2.05, 4.69) is 16.0 Å². The molecule has 1 aliphatic carbocycles. The van der Waals surface area contributed by atoms with Crippen LogP contribution in [0.2, 0.25) is 10.0 Å². The molecule has 0 spiro atoms. The maximum Gasteiger partial charge on any atom is 0.170 e. The van der Waals surface area contributed by atoms with Gasteiger partial charge in [0.2, 0.25) is 0 Å². The molecule has 1 saturated carbocycles. The molecule has 1 fully saturated rings. The first kappa shape index (κ1) is 17.8. The molecule has 122 valence electrons. The molecule has 6 heteroatoms. The second kappa shape index (κ2) is 9.56. The number of anilines is 1. The maximum atomic E-state index is 6.09. The van der Waals surface area contributed by atoms with Gasteiger partial charge in [-0.3, -0.25) is 0 Å². The van der Waals surface area contributed by atoms with Crippen LogP contribution in [0.15, 0.2) is 18.2 Å². The minimum absolute atomic E-state index is 0.571. The molecule has 1 aromatic carbocycles. The van der Waals surface area contributed by atoms with E-state index in [0.717, 1.165) is 25.2 Å². The Hall–Kier alpha value is -0.550. The summed E-state index contributed by atoms with van der Waals surface area (Å²) in [5.41, 5.74) is 0.729. The van der Waals surface area contributed by atoms with Gasteiger partial charge < -0.3 is 16.0 Å². The van der Waals surface area contributed by atoms with Crippen molar-refractivity contribution in [2.75, 3.05) is 18.4 Å². The van der Waals surface area contributed by atoms with Crippen LogP contribution < -0.4 is 16.0 Å². The number of halogens is 2. The molecule has 0 aromatic heterocycles. The summed E-state index contributed by atoms with van der Waals surface area (Å²) >= 11 is 17.3. The monoisotopic (exact) mass is 359 g/mol. The van der Waals surface area contributed by atoms with Crippen molar-refractivity contribution in [1.82, 2.24) is 10.6 Å². The Morgan fingerprint density at radius 2 is 1.91 bits per heavy atom. The molecule has 0 unspecified atom stereocenters. The fourth-order valence-corrected chi connectivity index (χ4v) is 3.21. The van der Waals surface area contributed by atoms with Crippen LogP contribution in [-0.4, -0.2) is 24.2 Å². The summed E-state index contributed by atoms with van der Waals surface area (Å²) in [6, 6.07) is 5.98. The zero-order chi connectivity index (χ0) is 15.8. The number of benzene rings is 1. The van der Waals surface area contributed by atoms with Gasteiger partial charge in [-0.25, -0.2) is 0 Å². The van der Waals surface area contributed by atoms with Gasteiger partial charge in [0.15, 0.2) is 5.11 Å². The van der Waals surface area contributed by atoms with Crippen molar-refractivity contribution in [2.45, 2.75) is 44.6 Å². The van der Waals surface area contributed by atoms with Gasteiger partial charge in [0.25, 0.3) is 0 Å². The molecule has 0 bridgehead atoms. The third kappa shape index (κ3) is 6.29. The third-order valence-corrected chi connectivity index (χ3v) is 4.66. The SMILES string of the molecule is S=C(NCCCNC1CCCCC1)Nc1cc(Cl)ccc1Cl. The molecule has 0 radical (unpaired) electrons. The molecule has 0 saturated heterocycles. The van der Waals surface area contributed by atoms with Gasteiger partial charge in [0.1, 0.15) is 0 Å². The van der Waals surface area contributed by atoms with Crippen LogP contribution in [0.5, 0.6) is 0 Å². The minimum Gasteiger partial charge on any atom is -0.362 e. The lowest BCUT2D eigenvalue weighted by Gasteiger charge is -2.22.